The molecule has 8 nitrogen and oxygen atoms in total. The van der Waals surface area contributed by atoms with E-state index in [1.807, 2.05) is 0 Å². The number of hydrogen-bond donors (Lipinski definition) is 3. The van der Waals surface area contributed by atoms with Crippen molar-refractivity contribution < 1.29 is 14.0 Å². The number of benzene rings is 1. The highest BCUT2D eigenvalue weighted by Crippen LogP contribution is 2.26. The van der Waals surface area contributed by atoms with Gasteiger partial charge in [-0.05, 0) is 31.9 Å². The van der Waals surface area contributed by atoms with Crippen molar-refractivity contribution >= 4 is 23.7 Å². The lowest BCUT2D eigenvalue weighted by atomic mass is 9.96. The monoisotopic (exact) mass is 406 g/mol. The highest BCUT2D eigenvalue weighted by Gasteiger charge is 2.23. The van der Waals surface area contributed by atoms with Crippen molar-refractivity contribution in [2.45, 2.75) is 55.5 Å². The predicted molar refractivity (Wildman–Crippen MR) is 104 cm³/mol. The van der Waals surface area contributed by atoms with Crippen LogP contribution in [-0.2, 0) is 4.79 Å². The van der Waals surface area contributed by atoms with Gasteiger partial charge in [0.05, 0.1) is 10.8 Å². The summed E-state index contributed by atoms with van der Waals surface area (Å²) in [5, 5.41) is 12.6. The van der Waals surface area contributed by atoms with Crippen molar-refractivity contribution in [3.63, 3.8) is 0 Å². The van der Waals surface area contributed by atoms with Gasteiger partial charge < -0.3 is 11.2 Å². The Morgan fingerprint density at radius 3 is 2.68 bits per heavy atom. The molecule has 0 unspecified atom stereocenters. The first kappa shape index (κ1) is 20.1. The van der Waals surface area contributed by atoms with Crippen molar-refractivity contribution in [2.24, 2.45) is 0 Å². The van der Waals surface area contributed by atoms with Crippen molar-refractivity contribution in [3.8, 4) is 11.4 Å². The van der Waals surface area contributed by atoms with Crippen LogP contribution in [0.4, 0.5) is 9.18 Å². The first-order valence-corrected chi connectivity index (χ1v) is 10.1. The van der Waals surface area contributed by atoms with E-state index in [4.69, 9.17) is 5.84 Å². The smallest absolute Gasteiger partial charge is 0.321 e. The molecule has 4 N–H and O–H groups in total. The number of nitrogens with one attached hydrogen (secondary N) is 2. The maximum absolute atomic E-state index is 13.9. The van der Waals surface area contributed by atoms with E-state index in [1.54, 1.807) is 25.1 Å². The van der Waals surface area contributed by atoms with Crippen LogP contribution in [0.3, 0.4) is 0 Å². The lowest BCUT2D eigenvalue weighted by molar-refractivity contribution is -0.119. The number of nitrogens with zero attached hydrogens (tertiary/aromatic N) is 3. The van der Waals surface area contributed by atoms with Gasteiger partial charge in [0, 0.05) is 6.04 Å². The van der Waals surface area contributed by atoms with Crippen LogP contribution in [0.25, 0.3) is 11.4 Å². The molecule has 28 heavy (non-hydrogen) atoms. The van der Waals surface area contributed by atoms with Crippen LogP contribution in [0.15, 0.2) is 29.4 Å². The van der Waals surface area contributed by atoms with Gasteiger partial charge in [0.2, 0.25) is 11.1 Å². The normalized spacial score (nSPS) is 15.8. The van der Waals surface area contributed by atoms with E-state index in [-0.39, 0.29) is 22.6 Å². The number of urea groups is 1. The lowest BCUT2D eigenvalue weighted by Crippen LogP contribution is -2.47. The number of halogens is 1. The Morgan fingerprint density at radius 1 is 1.25 bits per heavy atom. The number of aromatic nitrogens is 3. The summed E-state index contributed by atoms with van der Waals surface area (Å²) in [6.07, 6.45) is 5.21. The highest BCUT2D eigenvalue weighted by molar-refractivity contribution is 8.00. The maximum atomic E-state index is 13.9. The molecule has 0 aliphatic heterocycles. The number of rotatable bonds is 5. The molecule has 2 aromatic rings. The molecule has 1 aromatic carbocycles. The third kappa shape index (κ3) is 4.80. The van der Waals surface area contributed by atoms with Gasteiger partial charge in [-0.1, -0.05) is 43.2 Å². The number of nitrogen functional groups attached to an aromatic ring is 1. The molecule has 1 aliphatic rings. The minimum absolute atomic E-state index is 0.111. The van der Waals surface area contributed by atoms with Crippen LogP contribution < -0.4 is 16.5 Å². The van der Waals surface area contributed by atoms with E-state index in [0.29, 0.717) is 0 Å². The molecular weight excluding hydrogens is 383 g/mol. The second-order valence-corrected chi connectivity index (χ2v) is 8.02. The molecule has 1 heterocycles. The Kier molecular flexibility index (Phi) is 6.50. The fraction of sp³-hybridized carbons (Fsp3) is 0.444. The van der Waals surface area contributed by atoms with Gasteiger partial charge in [-0.3, -0.25) is 10.1 Å². The molecule has 1 fully saturated rings. The summed E-state index contributed by atoms with van der Waals surface area (Å²) >= 11 is 1.04. The second kappa shape index (κ2) is 9.05. The zero-order chi connectivity index (χ0) is 20.1. The predicted octanol–water partition coefficient (Wildman–Crippen LogP) is 2.44. The van der Waals surface area contributed by atoms with Gasteiger partial charge >= 0.3 is 6.03 Å². The molecule has 0 spiro atoms. The van der Waals surface area contributed by atoms with Crippen LogP contribution in [0.5, 0.6) is 0 Å². The Bertz CT molecular complexity index is 852. The van der Waals surface area contributed by atoms with Gasteiger partial charge in [-0.25, -0.2) is 13.9 Å². The molecular formula is C18H23FN6O2S. The molecule has 1 aliphatic carbocycles. The number of carbonyl (C=O) groups excluding carboxylic acids is 2. The van der Waals surface area contributed by atoms with Gasteiger partial charge in [-0.15, -0.1) is 10.2 Å². The lowest BCUT2D eigenvalue weighted by Gasteiger charge is -2.22. The highest BCUT2D eigenvalue weighted by atomic mass is 32.2. The number of amides is 3. The first-order chi connectivity index (χ1) is 13.5. The number of thioether (sulfide) groups is 1. The topological polar surface area (TPSA) is 115 Å². The number of hydrogen-bond acceptors (Lipinski definition) is 6. The Balaban J connectivity index is 1.58. The molecule has 10 heteroatoms. The average Bonchev–Trinajstić information content (AvgIpc) is 3.03. The Labute approximate surface area is 166 Å². The van der Waals surface area contributed by atoms with Crippen LogP contribution in [0.2, 0.25) is 0 Å². The van der Waals surface area contributed by atoms with Crippen LogP contribution in [0.1, 0.15) is 39.0 Å². The standard InChI is InChI=1S/C18H23FN6O2S/c1-11(16(26)22-17(27)21-12-7-3-2-4-8-12)28-18-24-23-15(25(18)20)13-9-5-6-10-14(13)19/h5-6,9-12H,2-4,7-8,20H2,1H3,(H2,21,22,26,27)/t11-/m1/s1. The zero-order valence-corrected chi connectivity index (χ0v) is 16.3. The van der Waals surface area contributed by atoms with Crippen LogP contribution in [-0.4, -0.2) is 38.1 Å². The number of nitrogens with two attached hydrogens (primary N) is 1. The summed E-state index contributed by atoms with van der Waals surface area (Å²) in [5.74, 6) is 5.19. The maximum Gasteiger partial charge on any atom is 0.321 e. The van der Waals surface area contributed by atoms with Crippen molar-refractivity contribution in [1.82, 2.24) is 25.5 Å². The summed E-state index contributed by atoms with van der Waals surface area (Å²) in [6, 6.07) is 5.70. The van der Waals surface area contributed by atoms with E-state index in [9.17, 15) is 14.0 Å². The molecule has 0 bridgehead atoms. The summed E-state index contributed by atoms with van der Waals surface area (Å²) in [4.78, 5) is 24.3. The second-order valence-electron chi connectivity index (χ2n) is 6.71. The quantitative estimate of drug-likeness (QED) is 0.519. The third-order valence-corrected chi connectivity index (χ3v) is 5.66. The van der Waals surface area contributed by atoms with Crippen molar-refractivity contribution in [3.05, 3.63) is 30.1 Å². The summed E-state index contributed by atoms with van der Waals surface area (Å²) in [7, 11) is 0. The molecule has 3 rings (SSSR count). The SMILES string of the molecule is C[C@@H](Sc1nnc(-c2ccccc2F)n1N)C(=O)NC(=O)NC1CCCCC1. The Morgan fingerprint density at radius 2 is 1.96 bits per heavy atom. The Hall–Kier alpha value is -2.62. The van der Waals surface area contributed by atoms with Crippen molar-refractivity contribution in [2.75, 3.05) is 5.84 Å². The van der Waals surface area contributed by atoms with Gasteiger partial charge in [-0.2, -0.15) is 0 Å². The fourth-order valence-electron chi connectivity index (χ4n) is 3.08. The van der Waals surface area contributed by atoms with E-state index < -0.39 is 23.0 Å². The molecule has 150 valence electrons. The summed E-state index contributed by atoms with van der Waals surface area (Å²) in [6.45, 7) is 1.63. The molecule has 0 saturated heterocycles. The fourth-order valence-corrected chi connectivity index (χ4v) is 3.85. The largest absolute Gasteiger partial charge is 0.335 e. The molecule has 1 atom stereocenters. The van der Waals surface area contributed by atoms with Crippen LogP contribution in [0, 0.1) is 5.82 Å². The third-order valence-electron chi connectivity index (χ3n) is 4.61. The molecule has 1 saturated carbocycles. The van der Waals surface area contributed by atoms with Gasteiger partial charge in [0.1, 0.15) is 5.82 Å². The molecule has 0 radical (unpaired) electrons. The van der Waals surface area contributed by atoms with E-state index in [2.05, 4.69) is 20.8 Å². The summed E-state index contributed by atoms with van der Waals surface area (Å²) < 4.78 is 15.1. The van der Waals surface area contributed by atoms with E-state index in [0.717, 1.165) is 42.1 Å². The zero-order valence-electron chi connectivity index (χ0n) is 15.5. The molecule has 3 amide bonds. The van der Waals surface area contributed by atoms with Gasteiger partial charge in [0.15, 0.2) is 5.82 Å². The van der Waals surface area contributed by atoms with E-state index in [1.165, 1.54) is 12.5 Å². The minimum atomic E-state index is -0.642. The molecule has 1 aromatic heterocycles. The minimum Gasteiger partial charge on any atom is -0.335 e. The average molecular weight is 406 g/mol. The number of imide groups is 1. The van der Waals surface area contributed by atoms with Crippen molar-refractivity contribution in [1.29, 1.82) is 0 Å². The van der Waals surface area contributed by atoms with Gasteiger partial charge in [0.25, 0.3) is 0 Å². The van der Waals surface area contributed by atoms with E-state index >= 15 is 0 Å². The first-order valence-electron chi connectivity index (χ1n) is 9.19. The van der Waals surface area contributed by atoms with Crippen LogP contribution >= 0.6 is 11.8 Å². The summed E-state index contributed by atoms with van der Waals surface area (Å²) in [5.41, 5.74) is 0.216. The number of carbonyl (C=O) groups is 2.